The average molecular weight is 505 g/mol. The molecule has 0 saturated carbocycles. The van der Waals surface area contributed by atoms with Crippen molar-refractivity contribution >= 4 is 61.8 Å². The first-order chi connectivity index (χ1) is 16.6. The summed E-state index contributed by atoms with van der Waals surface area (Å²) in [5.74, 6) is -0.0193. The van der Waals surface area contributed by atoms with Crippen LogP contribution in [0.4, 0.5) is 0 Å². The summed E-state index contributed by atoms with van der Waals surface area (Å²) in [5, 5.41) is 5.70. The molecule has 0 unspecified atom stereocenters. The highest BCUT2D eigenvalue weighted by atomic mass is 32.2. The smallest absolute Gasteiger partial charge is 0.266 e. The molecule has 0 spiro atoms. The Labute approximate surface area is 212 Å². The Balaban J connectivity index is 1.51. The largest absolute Gasteiger partial charge is 0.293 e. The zero-order valence-electron chi connectivity index (χ0n) is 18.8. The maximum absolute atomic E-state index is 13.2. The van der Waals surface area contributed by atoms with Gasteiger partial charge in [0.2, 0.25) is 0 Å². The molecule has 5 nitrogen and oxygen atoms in total. The summed E-state index contributed by atoms with van der Waals surface area (Å²) in [6.45, 7) is 2.86. The molecule has 1 aliphatic rings. The van der Waals surface area contributed by atoms with Crippen LogP contribution < -0.4 is 0 Å². The first kappa shape index (κ1) is 23.0. The van der Waals surface area contributed by atoms with Crippen molar-refractivity contribution in [1.82, 2.24) is 19.7 Å². The zero-order chi connectivity index (χ0) is 23.5. The average Bonchev–Trinajstić information content (AvgIpc) is 3.54. The molecule has 5 rings (SSSR count). The molecule has 1 saturated heterocycles. The molecule has 172 valence electrons. The lowest BCUT2D eigenvalue weighted by Crippen LogP contribution is -2.28. The number of hydrogen-bond acceptors (Lipinski definition) is 6. The highest BCUT2D eigenvalue weighted by molar-refractivity contribution is 8.26. The van der Waals surface area contributed by atoms with Crippen LogP contribution in [0.1, 0.15) is 38.2 Å². The van der Waals surface area contributed by atoms with Crippen molar-refractivity contribution in [3.63, 3.8) is 0 Å². The van der Waals surface area contributed by atoms with Crippen molar-refractivity contribution in [1.29, 1.82) is 0 Å². The summed E-state index contributed by atoms with van der Waals surface area (Å²) in [5.41, 5.74) is 3.52. The van der Waals surface area contributed by atoms with Gasteiger partial charge in [-0.25, -0.2) is 9.67 Å². The van der Waals surface area contributed by atoms with E-state index in [2.05, 4.69) is 13.0 Å². The van der Waals surface area contributed by atoms with E-state index in [1.807, 2.05) is 65.5 Å². The minimum absolute atomic E-state index is 0.0193. The number of benzene rings is 2. The minimum atomic E-state index is -0.0193. The number of fused-ring (bicyclic) bond motifs is 1. The molecule has 3 heterocycles. The first-order valence-electron chi connectivity index (χ1n) is 11.4. The van der Waals surface area contributed by atoms with Crippen LogP contribution in [0.5, 0.6) is 0 Å². The van der Waals surface area contributed by atoms with Gasteiger partial charge < -0.3 is 0 Å². The van der Waals surface area contributed by atoms with Gasteiger partial charge in [-0.2, -0.15) is 5.10 Å². The molecule has 0 atom stereocenters. The molecule has 4 aromatic rings. The number of nitrogens with zero attached hydrogens (tertiary/aromatic N) is 4. The lowest BCUT2D eigenvalue weighted by molar-refractivity contribution is -0.122. The SMILES string of the molecule is CCCCCCN1C(=O)C(=Cc2cn(-c3ccccc3)nc2-c2nc3ccccc3s2)SC1=S. The fraction of sp³-hybridized carbons (Fsp3) is 0.231. The molecular formula is C26H24N4OS3. The molecular weight excluding hydrogens is 481 g/mol. The molecule has 0 bridgehead atoms. The molecule has 1 aliphatic heterocycles. The van der Waals surface area contributed by atoms with E-state index >= 15 is 0 Å². The predicted molar refractivity (Wildman–Crippen MR) is 146 cm³/mol. The van der Waals surface area contributed by atoms with Crippen LogP contribution in [0.2, 0.25) is 0 Å². The maximum Gasteiger partial charge on any atom is 0.266 e. The second-order valence-corrected chi connectivity index (χ2v) is 10.8. The van der Waals surface area contributed by atoms with E-state index in [-0.39, 0.29) is 5.91 Å². The van der Waals surface area contributed by atoms with Crippen LogP contribution in [-0.4, -0.2) is 36.4 Å². The predicted octanol–water partition coefficient (Wildman–Crippen LogP) is 6.93. The van der Waals surface area contributed by atoms with Gasteiger partial charge in [0.05, 0.1) is 20.8 Å². The number of thiazole rings is 1. The highest BCUT2D eigenvalue weighted by Gasteiger charge is 2.32. The van der Waals surface area contributed by atoms with E-state index in [1.165, 1.54) is 18.2 Å². The van der Waals surface area contributed by atoms with E-state index in [0.717, 1.165) is 51.4 Å². The molecule has 1 fully saturated rings. The number of thiocarbonyl (C=S) groups is 1. The maximum atomic E-state index is 13.2. The van der Waals surface area contributed by atoms with Crippen molar-refractivity contribution in [2.24, 2.45) is 0 Å². The standard InChI is InChI=1S/C26H24N4OS3/c1-2-3-4-10-15-29-25(31)22(34-26(29)32)16-18-17-30(19-11-6-5-7-12-19)28-23(18)24-27-20-13-8-9-14-21(20)33-24/h5-9,11-14,16-17H,2-4,10,15H2,1H3. The number of rotatable bonds is 8. The van der Waals surface area contributed by atoms with Gasteiger partial charge in [0, 0.05) is 18.3 Å². The van der Waals surface area contributed by atoms with E-state index < -0.39 is 0 Å². The number of unbranched alkanes of at least 4 members (excludes halogenated alkanes) is 3. The Morgan fingerprint density at radius 1 is 1.03 bits per heavy atom. The van der Waals surface area contributed by atoms with Gasteiger partial charge in [-0.05, 0) is 36.8 Å². The van der Waals surface area contributed by atoms with Crippen molar-refractivity contribution in [2.75, 3.05) is 6.54 Å². The van der Waals surface area contributed by atoms with Crippen LogP contribution >= 0.6 is 35.3 Å². The monoisotopic (exact) mass is 504 g/mol. The van der Waals surface area contributed by atoms with Crippen molar-refractivity contribution < 1.29 is 4.79 Å². The number of amides is 1. The Kier molecular flexibility index (Phi) is 6.89. The summed E-state index contributed by atoms with van der Waals surface area (Å²) in [4.78, 5) is 20.3. The lowest BCUT2D eigenvalue weighted by atomic mass is 10.2. The van der Waals surface area contributed by atoms with Gasteiger partial charge in [0.1, 0.15) is 15.0 Å². The Morgan fingerprint density at radius 2 is 1.82 bits per heavy atom. The Morgan fingerprint density at radius 3 is 2.62 bits per heavy atom. The second kappa shape index (κ2) is 10.2. The van der Waals surface area contributed by atoms with Gasteiger partial charge in [0.15, 0.2) is 0 Å². The van der Waals surface area contributed by atoms with Crippen molar-refractivity contribution in [2.45, 2.75) is 32.6 Å². The topological polar surface area (TPSA) is 51.0 Å². The van der Waals surface area contributed by atoms with Crippen molar-refractivity contribution in [3.8, 4) is 16.4 Å². The van der Waals surface area contributed by atoms with Crippen LogP contribution in [0.25, 0.3) is 32.7 Å². The zero-order valence-corrected chi connectivity index (χ0v) is 21.3. The molecule has 1 amide bonds. The molecule has 0 radical (unpaired) electrons. The van der Waals surface area contributed by atoms with Gasteiger partial charge >= 0.3 is 0 Å². The van der Waals surface area contributed by atoms with Gasteiger partial charge in [-0.15, -0.1) is 11.3 Å². The van der Waals surface area contributed by atoms with Crippen LogP contribution in [0, 0.1) is 0 Å². The third-order valence-electron chi connectivity index (χ3n) is 5.66. The summed E-state index contributed by atoms with van der Waals surface area (Å²) >= 11 is 8.51. The fourth-order valence-electron chi connectivity index (χ4n) is 3.88. The van der Waals surface area contributed by atoms with Crippen molar-refractivity contribution in [3.05, 3.63) is 71.3 Å². The lowest BCUT2D eigenvalue weighted by Gasteiger charge is -2.13. The number of para-hydroxylation sites is 2. The summed E-state index contributed by atoms with van der Waals surface area (Å²) < 4.78 is 3.58. The molecule has 2 aromatic heterocycles. The van der Waals surface area contributed by atoms with Crippen LogP contribution in [0.3, 0.4) is 0 Å². The number of carbonyl (C=O) groups excluding carboxylic acids is 1. The molecule has 34 heavy (non-hydrogen) atoms. The van der Waals surface area contributed by atoms with Crippen LogP contribution in [0.15, 0.2) is 65.7 Å². The first-order valence-corrected chi connectivity index (χ1v) is 13.4. The minimum Gasteiger partial charge on any atom is -0.293 e. The number of hydrogen-bond donors (Lipinski definition) is 0. The Bertz CT molecular complexity index is 1340. The van der Waals surface area contributed by atoms with Gasteiger partial charge in [0.25, 0.3) is 5.91 Å². The van der Waals surface area contributed by atoms with Crippen LogP contribution in [-0.2, 0) is 4.79 Å². The van der Waals surface area contributed by atoms with E-state index in [9.17, 15) is 4.79 Å². The van der Waals surface area contributed by atoms with E-state index in [0.29, 0.717) is 15.8 Å². The van der Waals surface area contributed by atoms with E-state index in [4.69, 9.17) is 22.3 Å². The molecule has 8 heteroatoms. The normalized spacial score (nSPS) is 15.2. The number of thioether (sulfide) groups is 1. The molecule has 2 aromatic carbocycles. The third-order valence-corrected chi connectivity index (χ3v) is 8.08. The van der Waals surface area contributed by atoms with E-state index in [1.54, 1.807) is 16.2 Å². The molecule has 0 N–H and O–H groups in total. The summed E-state index contributed by atoms with van der Waals surface area (Å²) in [6.07, 6.45) is 8.30. The Hall–Kier alpha value is -2.81. The number of carbonyl (C=O) groups is 1. The summed E-state index contributed by atoms with van der Waals surface area (Å²) in [7, 11) is 0. The molecule has 0 aliphatic carbocycles. The number of aromatic nitrogens is 3. The van der Waals surface area contributed by atoms with Gasteiger partial charge in [-0.3, -0.25) is 9.69 Å². The fourth-order valence-corrected chi connectivity index (χ4v) is 6.15. The highest BCUT2D eigenvalue weighted by Crippen LogP contribution is 2.37. The van der Waals surface area contributed by atoms with Gasteiger partial charge in [-0.1, -0.05) is 80.5 Å². The summed E-state index contributed by atoms with van der Waals surface area (Å²) in [6, 6.07) is 18.0. The quantitative estimate of drug-likeness (QED) is 0.148. The third kappa shape index (κ3) is 4.71. The second-order valence-electron chi connectivity index (χ2n) is 8.09.